The van der Waals surface area contributed by atoms with Crippen molar-refractivity contribution in [1.29, 1.82) is 0 Å². The number of halogens is 1. The van der Waals surface area contributed by atoms with Gasteiger partial charge in [-0.25, -0.2) is 0 Å². The van der Waals surface area contributed by atoms with Crippen LogP contribution in [-0.4, -0.2) is 25.4 Å². The Morgan fingerprint density at radius 3 is 2.38 bits per heavy atom. The van der Waals surface area contributed by atoms with E-state index in [2.05, 4.69) is 28.2 Å². The molecule has 0 aliphatic rings. The Hall–Kier alpha value is -3.58. The SMILES string of the molecule is CCCCCCCOc1ccc(C(=O)Nc2c(C(=O)c3ccc(OC)c(Br)c3)oc3ccccc23)cc1. The highest BCUT2D eigenvalue weighted by molar-refractivity contribution is 9.10. The third-order valence-electron chi connectivity index (χ3n) is 6.09. The molecular weight excluding hydrogens is 534 g/mol. The summed E-state index contributed by atoms with van der Waals surface area (Å²) >= 11 is 3.42. The van der Waals surface area contributed by atoms with Crippen molar-refractivity contribution in [3.63, 3.8) is 0 Å². The number of benzene rings is 3. The first-order valence-corrected chi connectivity index (χ1v) is 13.2. The fourth-order valence-electron chi connectivity index (χ4n) is 4.05. The van der Waals surface area contributed by atoms with Gasteiger partial charge >= 0.3 is 0 Å². The number of ether oxygens (including phenoxy) is 2. The van der Waals surface area contributed by atoms with E-state index in [1.54, 1.807) is 55.6 Å². The predicted molar refractivity (Wildman–Crippen MR) is 149 cm³/mol. The number of unbranched alkanes of at least 4 members (excludes halogenated alkanes) is 4. The Kier molecular flexibility index (Phi) is 9.01. The maximum atomic E-state index is 13.4. The van der Waals surface area contributed by atoms with Crippen LogP contribution in [0.1, 0.15) is 65.5 Å². The van der Waals surface area contributed by atoms with Crippen molar-refractivity contribution in [2.24, 2.45) is 0 Å². The molecule has 0 bridgehead atoms. The van der Waals surface area contributed by atoms with Gasteiger partial charge in [-0.05, 0) is 76.9 Å². The zero-order valence-electron chi connectivity index (χ0n) is 21.0. The molecule has 4 rings (SSSR count). The van der Waals surface area contributed by atoms with Crippen LogP contribution in [0.25, 0.3) is 11.0 Å². The summed E-state index contributed by atoms with van der Waals surface area (Å²) < 4.78 is 17.6. The highest BCUT2D eigenvalue weighted by atomic mass is 79.9. The normalized spacial score (nSPS) is 10.9. The molecular formula is C30H30BrNO5. The van der Waals surface area contributed by atoms with E-state index in [0.29, 0.717) is 44.6 Å². The third-order valence-corrected chi connectivity index (χ3v) is 6.71. The molecule has 37 heavy (non-hydrogen) atoms. The fourth-order valence-corrected chi connectivity index (χ4v) is 4.59. The highest BCUT2D eigenvalue weighted by Crippen LogP contribution is 2.34. The molecule has 0 aliphatic heterocycles. The van der Waals surface area contributed by atoms with E-state index in [-0.39, 0.29) is 17.5 Å². The Bertz CT molecular complexity index is 1380. The molecule has 0 radical (unpaired) electrons. The molecule has 192 valence electrons. The number of para-hydroxylation sites is 1. The molecule has 1 aromatic heterocycles. The summed E-state index contributed by atoms with van der Waals surface area (Å²) in [7, 11) is 1.56. The van der Waals surface area contributed by atoms with E-state index in [4.69, 9.17) is 13.9 Å². The Morgan fingerprint density at radius 2 is 1.65 bits per heavy atom. The lowest BCUT2D eigenvalue weighted by molar-refractivity contribution is 0.101. The molecule has 0 saturated heterocycles. The molecule has 1 heterocycles. The number of anilines is 1. The van der Waals surface area contributed by atoms with Gasteiger partial charge in [-0.3, -0.25) is 9.59 Å². The predicted octanol–water partition coefficient (Wildman–Crippen LogP) is 8.04. The van der Waals surface area contributed by atoms with Crippen LogP contribution in [0.4, 0.5) is 5.69 Å². The fraction of sp³-hybridized carbons (Fsp3) is 0.267. The summed E-state index contributed by atoms with van der Waals surface area (Å²) in [5, 5.41) is 3.55. The summed E-state index contributed by atoms with van der Waals surface area (Å²) in [6.07, 6.45) is 5.86. The molecule has 0 unspecified atom stereocenters. The van der Waals surface area contributed by atoms with Gasteiger partial charge in [0.05, 0.1) is 23.9 Å². The highest BCUT2D eigenvalue weighted by Gasteiger charge is 2.24. The monoisotopic (exact) mass is 563 g/mol. The summed E-state index contributed by atoms with van der Waals surface area (Å²) in [5.74, 6) is 0.704. The molecule has 0 fully saturated rings. The Balaban J connectivity index is 1.51. The van der Waals surface area contributed by atoms with Crippen LogP contribution in [0.3, 0.4) is 0 Å². The number of methoxy groups -OCH3 is 1. The molecule has 1 amide bonds. The lowest BCUT2D eigenvalue weighted by atomic mass is 10.1. The molecule has 0 spiro atoms. The number of carbonyl (C=O) groups excluding carboxylic acids is 2. The summed E-state index contributed by atoms with van der Waals surface area (Å²) in [6, 6.07) is 19.3. The van der Waals surface area contributed by atoms with Gasteiger partial charge < -0.3 is 19.2 Å². The number of rotatable bonds is 12. The van der Waals surface area contributed by atoms with Crippen LogP contribution in [0.2, 0.25) is 0 Å². The number of nitrogens with one attached hydrogen (secondary N) is 1. The minimum atomic E-state index is -0.350. The zero-order valence-corrected chi connectivity index (χ0v) is 22.6. The number of fused-ring (bicyclic) bond motifs is 1. The van der Waals surface area contributed by atoms with E-state index in [1.165, 1.54) is 19.3 Å². The van der Waals surface area contributed by atoms with Crippen molar-refractivity contribution in [2.45, 2.75) is 39.0 Å². The first kappa shape index (κ1) is 26.5. The van der Waals surface area contributed by atoms with E-state index >= 15 is 0 Å². The number of ketones is 1. The van der Waals surface area contributed by atoms with Crippen LogP contribution in [0, 0.1) is 0 Å². The minimum absolute atomic E-state index is 0.0645. The maximum absolute atomic E-state index is 13.4. The quantitative estimate of drug-likeness (QED) is 0.139. The van der Waals surface area contributed by atoms with Gasteiger partial charge in [-0.15, -0.1) is 0 Å². The standard InChI is InChI=1S/C30H30BrNO5/c1-3-4-5-6-9-18-36-22-15-12-20(13-16-22)30(34)32-27-23-10-7-8-11-25(23)37-29(27)28(33)21-14-17-26(35-2)24(31)19-21/h7-8,10-17,19H,3-6,9,18H2,1-2H3,(H,32,34). The van der Waals surface area contributed by atoms with Crippen LogP contribution >= 0.6 is 15.9 Å². The topological polar surface area (TPSA) is 77.8 Å². The minimum Gasteiger partial charge on any atom is -0.496 e. The van der Waals surface area contributed by atoms with Crippen LogP contribution in [0.15, 0.2) is 75.6 Å². The Morgan fingerprint density at radius 1 is 0.919 bits per heavy atom. The van der Waals surface area contributed by atoms with Crippen LogP contribution < -0.4 is 14.8 Å². The largest absolute Gasteiger partial charge is 0.496 e. The molecule has 7 heteroatoms. The molecule has 4 aromatic rings. The molecule has 0 saturated carbocycles. The second-order valence-electron chi connectivity index (χ2n) is 8.72. The van der Waals surface area contributed by atoms with Crippen molar-refractivity contribution in [1.82, 2.24) is 0 Å². The molecule has 3 aromatic carbocycles. The maximum Gasteiger partial charge on any atom is 0.255 e. The van der Waals surface area contributed by atoms with Gasteiger partial charge in [-0.1, -0.05) is 44.7 Å². The van der Waals surface area contributed by atoms with Crippen molar-refractivity contribution in [3.05, 3.63) is 88.1 Å². The van der Waals surface area contributed by atoms with Crippen LogP contribution in [-0.2, 0) is 0 Å². The van der Waals surface area contributed by atoms with Crippen LogP contribution in [0.5, 0.6) is 11.5 Å². The van der Waals surface area contributed by atoms with Crippen molar-refractivity contribution in [2.75, 3.05) is 19.0 Å². The second kappa shape index (κ2) is 12.6. The third kappa shape index (κ3) is 6.41. The van der Waals surface area contributed by atoms with Gasteiger partial charge in [0.15, 0.2) is 5.76 Å². The van der Waals surface area contributed by atoms with E-state index in [0.717, 1.165) is 18.6 Å². The van der Waals surface area contributed by atoms with Gasteiger partial charge in [0, 0.05) is 16.5 Å². The molecule has 6 nitrogen and oxygen atoms in total. The number of carbonyl (C=O) groups is 2. The summed E-state index contributed by atoms with van der Waals surface area (Å²) in [6.45, 7) is 2.85. The second-order valence-corrected chi connectivity index (χ2v) is 9.58. The van der Waals surface area contributed by atoms with Gasteiger partial charge in [0.2, 0.25) is 5.78 Å². The van der Waals surface area contributed by atoms with Gasteiger partial charge in [0.25, 0.3) is 5.91 Å². The molecule has 0 atom stereocenters. The lowest BCUT2D eigenvalue weighted by Gasteiger charge is -2.09. The lowest BCUT2D eigenvalue weighted by Crippen LogP contribution is -2.14. The number of hydrogen-bond acceptors (Lipinski definition) is 5. The van der Waals surface area contributed by atoms with Gasteiger partial charge in [-0.2, -0.15) is 0 Å². The number of furan rings is 1. The molecule has 0 aliphatic carbocycles. The zero-order chi connectivity index (χ0) is 26.2. The van der Waals surface area contributed by atoms with Gasteiger partial charge in [0.1, 0.15) is 17.1 Å². The van der Waals surface area contributed by atoms with Crippen molar-refractivity contribution < 1.29 is 23.5 Å². The average Bonchev–Trinajstić information content (AvgIpc) is 3.28. The van der Waals surface area contributed by atoms with Crippen molar-refractivity contribution >= 4 is 44.3 Å². The average molecular weight is 564 g/mol. The first-order chi connectivity index (χ1) is 18.0. The smallest absolute Gasteiger partial charge is 0.255 e. The van der Waals surface area contributed by atoms with Crippen molar-refractivity contribution in [3.8, 4) is 11.5 Å². The van der Waals surface area contributed by atoms with E-state index in [1.807, 2.05) is 18.2 Å². The summed E-state index contributed by atoms with van der Waals surface area (Å²) in [5.41, 5.74) is 1.70. The number of hydrogen-bond donors (Lipinski definition) is 1. The van der Waals surface area contributed by atoms with E-state index < -0.39 is 0 Å². The first-order valence-electron chi connectivity index (χ1n) is 12.5. The molecule has 1 N–H and O–H groups in total. The summed E-state index contributed by atoms with van der Waals surface area (Å²) in [4.78, 5) is 26.6. The van der Waals surface area contributed by atoms with E-state index in [9.17, 15) is 9.59 Å². The Labute approximate surface area is 225 Å². The number of amides is 1.